The van der Waals surface area contributed by atoms with E-state index in [1.54, 1.807) is 0 Å². The van der Waals surface area contributed by atoms with Gasteiger partial charge in [-0.15, -0.1) is 0 Å². The smallest absolute Gasteiger partial charge is 0.139 e. The van der Waals surface area contributed by atoms with Crippen molar-refractivity contribution in [1.29, 1.82) is 0 Å². The van der Waals surface area contributed by atoms with Crippen LogP contribution in [0.25, 0.3) is 5.76 Å². The van der Waals surface area contributed by atoms with Crippen molar-refractivity contribution < 1.29 is 4.74 Å². The quantitative estimate of drug-likeness (QED) is 0.507. The van der Waals surface area contributed by atoms with Crippen LogP contribution in [0, 0.1) is 0 Å². The zero-order chi connectivity index (χ0) is 11.3. The third-order valence-electron chi connectivity index (χ3n) is 2.58. The molecule has 0 atom stereocenters. The van der Waals surface area contributed by atoms with Gasteiger partial charge in [0.2, 0.25) is 0 Å². The second-order valence-corrected chi connectivity index (χ2v) is 3.58. The van der Waals surface area contributed by atoms with Crippen molar-refractivity contribution >= 4 is 26.9 Å². The van der Waals surface area contributed by atoms with E-state index in [9.17, 15) is 0 Å². The molecule has 0 amide bonds. The number of rotatable bonds is 4. The summed E-state index contributed by atoms with van der Waals surface area (Å²) in [5, 5.41) is 0. The fourth-order valence-corrected chi connectivity index (χ4v) is 1.69. The molecule has 0 N–H and O–H groups in total. The van der Waals surface area contributed by atoms with Crippen molar-refractivity contribution in [3.63, 3.8) is 0 Å². The Morgan fingerprint density at radius 3 is 2.73 bits per heavy atom. The third kappa shape index (κ3) is 2.92. The summed E-state index contributed by atoms with van der Waals surface area (Å²) in [7, 11) is 4.33. The summed E-state index contributed by atoms with van der Waals surface area (Å²) in [6, 6.07) is 6.51. The van der Waals surface area contributed by atoms with Crippen molar-refractivity contribution in [3.8, 4) is 0 Å². The molecular formula is C12H18B2O. The topological polar surface area (TPSA) is 9.23 Å². The fourth-order valence-electron chi connectivity index (χ4n) is 1.69. The van der Waals surface area contributed by atoms with Gasteiger partial charge in [-0.3, -0.25) is 0 Å². The van der Waals surface area contributed by atoms with Crippen molar-refractivity contribution in [2.75, 3.05) is 6.61 Å². The Kier molecular flexibility index (Phi) is 4.54. The lowest BCUT2D eigenvalue weighted by Crippen LogP contribution is -2.11. The molecule has 0 fully saturated rings. The van der Waals surface area contributed by atoms with Crippen LogP contribution in [0.15, 0.2) is 24.3 Å². The summed E-state index contributed by atoms with van der Waals surface area (Å²) in [6.45, 7) is 4.74. The maximum absolute atomic E-state index is 5.58. The molecule has 0 saturated heterocycles. The molecule has 78 valence electrons. The van der Waals surface area contributed by atoms with Gasteiger partial charge in [0, 0.05) is 5.56 Å². The van der Waals surface area contributed by atoms with E-state index in [0.717, 1.165) is 18.7 Å². The van der Waals surface area contributed by atoms with Gasteiger partial charge in [-0.25, -0.2) is 0 Å². The summed E-state index contributed by atoms with van der Waals surface area (Å²) in [5.41, 5.74) is 3.93. The molecule has 0 heterocycles. The molecule has 0 radical (unpaired) electrons. The highest BCUT2D eigenvalue weighted by atomic mass is 16.5. The van der Waals surface area contributed by atoms with E-state index < -0.39 is 0 Å². The number of hydrogen-bond acceptors (Lipinski definition) is 1. The van der Waals surface area contributed by atoms with E-state index >= 15 is 0 Å². The first kappa shape index (κ1) is 12.0. The maximum Gasteiger partial charge on any atom is 0.139 e. The van der Waals surface area contributed by atoms with Crippen LogP contribution in [0.4, 0.5) is 0 Å². The summed E-state index contributed by atoms with van der Waals surface area (Å²) >= 11 is 0. The lowest BCUT2D eigenvalue weighted by molar-refractivity contribution is 0.297. The van der Waals surface area contributed by atoms with Gasteiger partial charge < -0.3 is 4.74 Å². The Hall–Kier alpha value is -1.11. The van der Waals surface area contributed by atoms with Crippen molar-refractivity contribution in [1.82, 2.24) is 0 Å². The van der Waals surface area contributed by atoms with E-state index in [0.29, 0.717) is 0 Å². The molecule has 0 unspecified atom stereocenters. The van der Waals surface area contributed by atoms with Crippen LogP contribution < -0.4 is 5.46 Å². The van der Waals surface area contributed by atoms with E-state index in [1.165, 1.54) is 16.6 Å². The maximum atomic E-state index is 5.58. The average Bonchev–Trinajstić information content (AvgIpc) is 2.27. The van der Waals surface area contributed by atoms with Gasteiger partial charge in [0.25, 0.3) is 0 Å². The Morgan fingerprint density at radius 1 is 1.47 bits per heavy atom. The lowest BCUT2D eigenvalue weighted by atomic mass is 9.83. The first-order valence-corrected chi connectivity index (χ1v) is 5.61. The Bertz CT molecular complexity index is 359. The van der Waals surface area contributed by atoms with E-state index in [4.69, 9.17) is 4.74 Å². The summed E-state index contributed by atoms with van der Waals surface area (Å²) < 4.78 is 5.58. The zero-order valence-electron chi connectivity index (χ0n) is 10.1. The Morgan fingerprint density at radius 2 is 2.20 bits per heavy atom. The Balaban J connectivity index is 3.04. The molecule has 3 heteroatoms. The number of allylic oxidation sites excluding steroid dienone is 1. The largest absolute Gasteiger partial charge is 0.494 e. The van der Waals surface area contributed by atoms with Crippen LogP contribution in [0.2, 0.25) is 0 Å². The SMILES string of the molecule is BCc1cc(C(=CC)OCC)ccc1B. The van der Waals surface area contributed by atoms with Crippen LogP contribution in [-0.2, 0) is 11.1 Å². The third-order valence-corrected chi connectivity index (χ3v) is 2.58. The van der Waals surface area contributed by atoms with Crippen LogP contribution in [0.1, 0.15) is 25.0 Å². The van der Waals surface area contributed by atoms with Crippen LogP contribution in [0.3, 0.4) is 0 Å². The molecule has 1 aromatic rings. The highest BCUT2D eigenvalue weighted by Gasteiger charge is 2.03. The average molecular weight is 200 g/mol. The molecule has 1 rings (SSSR count). The van der Waals surface area contributed by atoms with Crippen molar-refractivity contribution in [2.24, 2.45) is 0 Å². The fraction of sp³-hybridized carbons (Fsp3) is 0.333. The summed E-state index contributed by atoms with van der Waals surface area (Å²) in [4.78, 5) is 0. The summed E-state index contributed by atoms with van der Waals surface area (Å²) in [6.07, 6.45) is 3.09. The van der Waals surface area contributed by atoms with Gasteiger partial charge >= 0.3 is 0 Å². The molecule has 1 nitrogen and oxygen atoms in total. The highest BCUT2D eigenvalue weighted by Crippen LogP contribution is 2.16. The van der Waals surface area contributed by atoms with Gasteiger partial charge in [0.05, 0.1) is 6.61 Å². The van der Waals surface area contributed by atoms with E-state index in [1.807, 2.05) is 19.9 Å². The monoisotopic (exact) mass is 200 g/mol. The van der Waals surface area contributed by atoms with Crippen molar-refractivity contribution in [3.05, 3.63) is 35.4 Å². The van der Waals surface area contributed by atoms with Gasteiger partial charge in [-0.05, 0) is 26.0 Å². The highest BCUT2D eigenvalue weighted by molar-refractivity contribution is 6.34. The predicted octanol–water partition coefficient (Wildman–Crippen LogP) is 0.475. The molecule has 0 aliphatic heterocycles. The molecule has 1 aromatic carbocycles. The van der Waals surface area contributed by atoms with E-state index in [-0.39, 0.29) is 0 Å². The van der Waals surface area contributed by atoms with Crippen LogP contribution in [-0.4, -0.2) is 22.3 Å². The minimum Gasteiger partial charge on any atom is -0.494 e. The predicted molar refractivity (Wildman–Crippen MR) is 72.1 cm³/mol. The molecular weight excluding hydrogens is 182 g/mol. The molecule has 0 bridgehead atoms. The van der Waals surface area contributed by atoms with Crippen LogP contribution in [0.5, 0.6) is 0 Å². The molecule has 0 saturated carbocycles. The van der Waals surface area contributed by atoms with E-state index in [2.05, 4.69) is 33.9 Å². The van der Waals surface area contributed by atoms with Gasteiger partial charge in [0.15, 0.2) is 0 Å². The minimum absolute atomic E-state index is 0.717. The first-order chi connectivity index (χ1) is 7.22. The normalized spacial score (nSPS) is 11.5. The minimum atomic E-state index is 0.717. The Labute approximate surface area is 94.3 Å². The van der Waals surface area contributed by atoms with Crippen molar-refractivity contribution in [2.45, 2.75) is 20.2 Å². The second-order valence-electron chi connectivity index (χ2n) is 3.58. The molecule has 0 aromatic heterocycles. The standard InChI is InChI=1S/C12H18B2O/c1-3-12(15-4-2)9-5-6-11(14)10(7-9)8-13/h3,5-7H,4,8,13-14H2,1-2H3. The second kappa shape index (κ2) is 5.69. The van der Waals surface area contributed by atoms with Gasteiger partial charge in [-0.1, -0.05) is 29.5 Å². The number of benzene rings is 1. The lowest BCUT2D eigenvalue weighted by Gasteiger charge is -2.11. The molecule has 0 aliphatic rings. The number of hydrogen-bond donors (Lipinski definition) is 0. The number of ether oxygens (including phenoxy) is 1. The molecule has 0 spiro atoms. The van der Waals surface area contributed by atoms with Gasteiger partial charge in [0.1, 0.15) is 21.5 Å². The van der Waals surface area contributed by atoms with Crippen LogP contribution >= 0.6 is 0 Å². The van der Waals surface area contributed by atoms with Gasteiger partial charge in [-0.2, -0.15) is 0 Å². The zero-order valence-corrected chi connectivity index (χ0v) is 10.1. The molecule has 15 heavy (non-hydrogen) atoms. The molecule has 0 aliphatic carbocycles. The summed E-state index contributed by atoms with van der Waals surface area (Å²) in [5.74, 6) is 0.979. The first-order valence-electron chi connectivity index (χ1n) is 5.61.